The predicted molar refractivity (Wildman–Crippen MR) is 80.7 cm³/mol. The topological polar surface area (TPSA) is 79.9 Å². The average molecular weight is 286 g/mol. The Morgan fingerprint density at radius 1 is 1.52 bits per heavy atom. The molecule has 2 aromatic heterocycles. The maximum Gasteiger partial charge on any atom is 0.254 e. The number of H-pyrrole nitrogens is 1. The molecule has 110 valence electrons. The molecule has 0 radical (unpaired) electrons. The Morgan fingerprint density at radius 2 is 2.38 bits per heavy atom. The third-order valence-corrected chi connectivity index (χ3v) is 2.80. The number of ether oxygens (including phenoxy) is 1. The summed E-state index contributed by atoms with van der Waals surface area (Å²) in [5, 5.41) is 2.72. The van der Waals surface area contributed by atoms with Crippen LogP contribution in [0.5, 0.6) is 0 Å². The van der Waals surface area contributed by atoms with Crippen molar-refractivity contribution in [3.8, 4) is 11.5 Å². The van der Waals surface area contributed by atoms with E-state index in [1.807, 2.05) is 18.2 Å². The smallest absolute Gasteiger partial charge is 0.254 e. The highest BCUT2D eigenvalue weighted by Gasteiger charge is 2.14. The van der Waals surface area contributed by atoms with E-state index in [9.17, 15) is 4.79 Å². The van der Waals surface area contributed by atoms with E-state index in [-0.39, 0.29) is 5.91 Å². The average Bonchev–Trinajstić information content (AvgIpc) is 2.97. The highest BCUT2D eigenvalue weighted by molar-refractivity contribution is 5.93. The van der Waals surface area contributed by atoms with E-state index in [1.165, 1.54) is 0 Å². The third-order valence-electron chi connectivity index (χ3n) is 2.80. The van der Waals surface area contributed by atoms with Crippen LogP contribution in [0.1, 0.15) is 13.3 Å². The number of nitrogens with one attached hydrogen (secondary N) is 2. The largest absolute Gasteiger partial charge is 0.368 e. The molecule has 0 aliphatic carbocycles. The number of aromatic nitrogens is 3. The summed E-state index contributed by atoms with van der Waals surface area (Å²) in [5.74, 6) is 0.890. The van der Waals surface area contributed by atoms with Crippen LogP contribution in [-0.2, 0) is 9.53 Å². The number of imidazole rings is 1. The van der Waals surface area contributed by atoms with Gasteiger partial charge in [0.1, 0.15) is 17.6 Å². The van der Waals surface area contributed by atoms with Gasteiger partial charge < -0.3 is 15.0 Å². The van der Waals surface area contributed by atoms with Crippen LogP contribution in [0.15, 0.2) is 43.2 Å². The van der Waals surface area contributed by atoms with E-state index >= 15 is 0 Å². The molecular formula is C15H18N4O2. The number of hydrogen-bond acceptors (Lipinski definition) is 4. The van der Waals surface area contributed by atoms with Gasteiger partial charge >= 0.3 is 0 Å². The van der Waals surface area contributed by atoms with E-state index in [0.717, 1.165) is 0 Å². The van der Waals surface area contributed by atoms with Crippen molar-refractivity contribution in [1.82, 2.24) is 15.0 Å². The minimum absolute atomic E-state index is 0.227. The molecule has 0 spiro atoms. The maximum absolute atomic E-state index is 11.9. The van der Waals surface area contributed by atoms with E-state index < -0.39 is 6.10 Å². The molecule has 6 nitrogen and oxygen atoms in total. The summed E-state index contributed by atoms with van der Waals surface area (Å²) in [4.78, 5) is 23.3. The second kappa shape index (κ2) is 7.35. The van der Waals surface area contributed by atoms with E-state index in [4.69, 9.17) is 4.74 Å². The van der Waals surface area contributed by atoms with Crippen LogP contribution < -0.4 is 5.32 Å². The number of rotatable bonds is 7. The Labute approximate surface area is 123 Å². The molecule has 2 heterocycles. The zero-order chi connectivity index (χ0) is 15.1. The number of nitrogens with zero attached hydrogens (tertiary/aromatic N) is 2. The molecule has 6 heteroatoms. The molecule has 0 aliphatic rings. The Morgan fingerprint density at radius 3 is 3.10 bits per heavy atom. The minimum atomic E-state index is -0.536. The zero-order valence-corrected chi connectivity index (χ0v) is 11.9. The Bertz CT molecular complexity index is 595. The van der Waals surface area contributed by atoms with E-state index in [2.05, 4.69) is 26.8 Å². The van der Waals surface area contributed by atoms with Crippen molar-refractivity contribution in [3.05, 3.63) is 43.2 Å². The minimum Gasteiger partial charge on any atom is -0.368 e. The molecule has 2 N–H and O–H groups in total. The van der Waals surface area contributed by atoms with Gasteiger partial charge in [-0.3, -0.25) is 9.78 Å². The second-order valence-corrected chi connectivity index (χ2v) is 4.44. The van der Waals surface area contributed by atoms with Crippen LogP contribution in [-0.4, -0.2) is 33.6 Å². The van der Waals surface area contributed by atoms with Gasteiger partial charge in [0, 0.05) is 6.20 Å². The number of carbonyl (C=O) groups is 1. The van der Waals surface area contributed by atoms with Gasteiger partial charge in [0.2, 0.25) is 0 Å². The van der Waals surface area contributed by atoms with Crippen molar-refractivity contribution in [1.29, 1.82) is 0 Å². The van der Waals surface area contributed by atoms with Crippen molar-refractivity contribution in [2.75, 3.05) is 11.9 Å². The number of amides is 1. The lowest BCUT2D eigenvalue weighted by Gasteiger charge is -2.11. The summed E-state index contributed by atoms with van der Waals surface area (Å²) in [6, 6.07) is 5.54. The van der Waals surface area contributed by atoms with Crippen molar-refractivity contribution < 1.29 is 9.53 Å². The Balaban J connectivity index is 1.93. The standard InChI is InChI=1S/C15H18N4O2/c1-3-4-9-21-11(2)15(20)19-13-10-17-14(18-13)12-7-5-6-8-16-12/h3,5-8,10-11H,1,4,9H2,2H3,(H,17,18)(H,19,20). The Kier molecular flexibility index (Phi) is 5.22. The molecule has 1 unspecified atom stereocenters. The van der Waals surface area contributed by atoms with Crippen LogP contribution in [0.3, 0.4) is 0 Å². The number of pyridine rings is 1. The zero-order valence-electron chi connectivity index (χ0n) is 11.9. The van der Waals surface area contributed by atoms with Gasteiger partial charge in [0.15, 0.2) is 5.82 Å². The molecule has 2 aromatic rings. The number of carbonyl (C=O) groups excluding carboxylic acids is 1. The lowest BCUT2D eigenvalue weighted by Crippen LogP contribution is -2.28. The lowest BCUT2D eigenvalue weighted by molar-refractivity contribution is -0.126. The number of anilines is 1. The molecule has 0 saturated heterocycles. The fourth-order valence-electron chi connectivity index (χ4n) is 1.66. The van der Waals surface area contributed by atoms with Crippen LogP contribution in [0.25, 0.3) is 11.5 Å². The molecule has 0 aliphatic heterocycles. The van der Waals surface area contributed by atoms with Gasteiger partial charge in [-0.2, -0.15) is 0 Å². The number of aromatic amines is 1. The summed E-state index contributed by atoms with van der Waals surface area (Å²) in [5.41, 5.74) is 0.716. The summed E-state index contributed by atoms with van der Waals surface area (Å²) < 4.78 is 5.38. The lowest BCUT2D eigenvalue weighted by atomic mass is 10.3. The molecule has 0 saturated carbocycles. The van der Waals surface area contributed by atoms with Gasteiger partial charge in [-0.25, -0.2) is 4.98 Å². The SMILES string of the molecule is C=CCCOC(C)C(=O)Nc1cnc(-c2ccccn2)[nH]1. The Hall–Kier alpha value is -2.47. The molecule has 0 fully saturated rings. The summed E-state index contributed by atoms with van der Waals surface area (Å²) in [6.07, 6.45) is 5.17. The van der Waals surface area contributed by atoms with Crippen LogP contribution in [0.2, 0.25) is 0 Å². The summed E-state index contributed by atoms with van der Waals surface area (Å²) in [7, 11) is 0. The van der Waals surface area contributed by atoms with Crippen molar-refractivity contribution in [2.24, 2.45) is 0 Å². The fourth-order valence-corrected chi connectivity index (χ4v) is 1.66. The molecule has 2 rings (SSSR count). The van der Waals surface area contributed by atoms with E-state index in [1.54, 1.807) is 25.4 Å². The van der Waals surface area contributed by atoms with Crippen molar-refractivity contribution >= 4 is 11.7 Å². The fraction of sp³-hybridized carbons (Fsp3) is 0.267. The number of hydrogen-bond donors (Lipinski definition) is 2. The first kappa shape index (κ1) is 14.9. The first-order valence-electron chi connectivity index (χ1n) is 6.70. The second-order valence-electron chi connectivity index (χ2n) is 4.44. The predicted octanol–water partition coefficient (Wildman–Crippen LogP) is 2.39. The highest BCUT2D eigenvalue weighted by atomic mass is 16.5. The monoisotopic (exact) mass is 286 g/mol. The summed E-state index contributed by atoms with van der Waals surface area (Å²) in [6.45, 7) is 5.78. The third kappa shape index (κ3) is 4.25. The first-order chi connectivity index (χ1) is 10.2. The molecule has 1 atom stereocenters. The van der Waals surface area contributed by atoms with Gasteiger partial charge in [0.25, 0.3) is 5.91 Å². The van der Waals surface area contributed by atoms with Gasteiger partial charge in [0.05, 0.1) is 12.8 Å². The quantitative estimate of drug-likeness (QED) is 0.605. The van der Waals surface area contributed by atoms with E-state index in [0.29, 0.717) is 30.4 Å². The van der Waals surface area contributed by atoms with Gasteiger partial charge in [-0.05, 0) is 25.5 Å². The van der Waals surface area contributed by atoms with Crippen molar-refractivity contribution in [2.45, 2.75) is 19.4 Å². The maximum atomic E-state index is 11.9. The highest BCUT2D eigenvalue weighted by Crippen LogP contribution is 2.14. The molecule has 1 amide bonds. The van der Waals surface area contributed by atoms with Crippen LogP contribution in [0.4, 0.5) is 5.82 Å². The molecule has 21 heavy (non-hydrogen) atoms. The van der Waals surface area contributed by atoms with Crippen LogP contribution in [0, 0.1) is 0 Å². The normalized spacial score (nSPS) is 11.9. The summed E-state index contributed by atoms with van der Waals surface area (Å²) >= 11 is 0. The molecule has 0 bridgehead atoms. The van der Waals surface area contributed by atoms with Crippen molar-refractivity contribution in [3.63, 3.8) is 0 Å². The van der Waals surface area contributed by atoms with Gasteiger partial charge in [-0.15, -0.1) is 6.58 Å². The molecular weight excluding hydrogens is 268 g/mol. The van der Waals surface area contributed by atoms with Crippen LogP contribution >= 0.6 is 0 Å². The van der Waals surface area contributed by atoms with Gasteiger partial charge in [-0.1, -0.05) is 12.1 Å². The molecule has 0 aromatic carbocycles. The first-order valence-corrected chi connectivity index (χ1v) is 6.70.